The minimum atomic E-state index is -0.859. The number of carboxylic acid groups (broad SMARTS) is 1. The summed E-state index contributed by atoms with van der Waals surface area (Å²) in [6.07, 6.45) is -0.125. The summed E-state index contributed by atoms with van der Waals surface area (Å²) in [5.74, 6) is 0. The van der Waals surface area contributed by atoms with Crippen molar-refractivity contribution in [3.05, 3.63) is 15.0 Å². The Hall–Kier alpha value is -0.790. The average Bonchev–Trinajstić information content (AvgIpc) is 2.47. The smallest absolute Gasteiger partial charge is 0.407 e. The molecule has 1 amide bonds. The van der Waals surface area contributed by atoms with Crippen molar-refractivity contribution < 1.29 is 9.90 Å². The highest BCUT2D eigenvalue weighted by Gasteiger charge is 2.23. The molecule has 0 bridgehead atoms. The molecule has 0 unspecified atom stereocenters. The van der Waals surface area contributed by atoms with Crippen LogP contribution in [0.15, 0.2) is 0 Å². The van der Waals surface area contributed by atoms with Crippen LogP contribution >= 0.6 is 22.6 Å². The molecule has 2 rings (SSSR count). The lowest BCUT2D eigenvalue weighted by atomic mass is 10.1. The van der Waals surface area contributed by atoms with E-state index in [0.717, 1.165) is 21.4 Å². The number of H-pyrrole nitrogens is 1. The first-order valence-corrected chi connectivity index (χ1v) is 4.96. The monoisotopic (exact) mass is 293 g/mol. The number of amides is 1. The van der Waals surface area contributed by atoms with Gasteiger partial charge in [-0.05, 0) is 22.6 Å². The fourth-order valence-electron chi connectivity index (χ4n) is 1.42. The number of nitrogens with one attached hydrogen (secondary N) is 1. The molecule has 1 aliphatic heterocycles. The van der Waals surface area contributed by atoms with Gasteiger partial charge in [-0.1, -0.05) is 0 Å². The molecule has 13 heavy (non-hydrogen) atoms. The van der Waals surface area contributed by atoms with Gasteiger partial charge < -0.3 is 10.0 Å². The van der Waals surface area contributed by atoms with Crippen molar-refractivity contribution in [1.29, 1.82) is 0 Å². The Morgan fingerprint density at radius 2 is 2.46 bits per heavy atom. The van der Waals surface area contributed by atoms with Gasteiger partial charge in [-0.25, -0.2) is 4.79 Å². The number of aromatic nitrogens is 2. The van der Waals surface area contributed by atoms with Gasteiger partial charge in [-0.15, -0.1) is 0 Å². The molecule has 1 aromatic rings. The summed E-state index contributed by atoms with van der Waals surface area (Å²) in [6.45, 7) is 1.01. The van der Waals surface area contributed by atoms with Crippen LogP contribution in [0.3, 0.4) is 0 Å². The van der Waals surface area contributed by atoms with E-state index in [1.807, 2.05) is 0 Å². The van der Waals surface area contributed by atoms with Crippen LogP contribution in [0.4, 0.5) is 4.79 Å². The zero-order valence-corrected chi connectivity index (χ0v) is 8.91. The molecule has 0 aromatic carbocycles. The van der Waals surface area contributed by atoms with Crippen molar-refractivity contribution in [2.75, 3.05) is 6.54 Å². The second-order valence-corrected chi connectivity index (χ2v) is 3.95. The largest absolute Gasteiger partial charge is 0.465 e. The number of aromatic amines is 1. The van der Waals surface area contributed by atoms with Gasteiger partial charge in [-0.3, -0.25) is 5.10 Å². The number of fused-ring (bicyclic) bond motifs is 1. The van der Waals surface area contributed by atoms with Gasteiger partial charge in [-0.2, -0.15) is 5.10 Å². The summed E-state index contributed by atoms with van der Waals surface area (Å²) >= 11 is 2.11. The third-order valence-corrected chi connectivity index (χ3v) is 3.05. The normalized spacial score (nSPS) is 15.6. The lowest BCUT2D eigenvalue weighted by molar-refractivity contribution is 0.139. The van der Waals surface area contributed by atoms with Crippen molar-refractivity contribution >= 4 is 28.7 Å². The van der Waals surface area contributed by atoms with Gasteiger partial charge in [0.1, 0.15) is 3.70 Å². The van der Waals surface area contributed by atoms with Crippen molar-refractivity contribution in [3.8, 4) is 0 Å². The van der Waals surface area contributed by atoms with E-state index < -0.39 is 6.09 Å². The number of hydrogen-bond acceptors (Lipinski definition) is 2. The summed E-state index contributed by atoms with van der Waals surface area (Å²) in [4.78, 5) is 12.1. The molecule has 0 saturated heterocycles. The number of hydrogen-bond donors (Lipinski definition) is 2. The third kappa shape index (κ3) is 1.50. The molecule has 2 heterocycles. The number of nitrogens with zero attached hydrogens (tertiary/aromatic N) is 2. The van der Waals surface area contributed by atoms with Crippen LogP contribution in [0.25, 0.3) is 0 Å². The van der Waals surface area contributed by atoms with Crippen LogP contribution in [0.2, 0.25) is 0 Å². The highest BCUT2D eigenvalue weighted by atomic mass is 127. The molecule has 1 aromatic heterocycles. The molecular weight excluding hydrogens is 285 g/mol. The van der Waals surface area contributed by atoms with Crippen molar-refractivity contribution in [3.63, 3.8) is 0 Å². The van der Waals surface area contributed by atoms with Gasteiger partial charge in [0.15, 0.2) is 0 Å². The zero-order chi connectivity index (χ0) is 9.42. The first-order valence-electron chi connectivity index (χ1n) is 3.88. The Morgan fingerprint density at radius 1 is 1.69 bits per heavy atom. The summed E-state index contributed by atoms with van der Waals surface area (Å²) in [5, 5.41) is 15.7. The van der Waals surface area contributed by atoms with Crippen molar-refractivity contribution in [1.82, 2.24) is 15.1 Å². The van der Waals surface area contributed by atoms with Crippen LogP contribution in [-0.4, -0.2) is 32.8 Å². The van der Waals surface area contributed by atoms with Crippen molar-refractivity contribution in [2.45, 2.75) is 13.0 Å². The first-order chi connectivity index (χ1) is 6.18. The van der Waals surface area contributed by atoms with E-state index in [0.29, 0.717) is 13.1 Å². The molecule has 0 fully saturated rings. The SMILES string of the molecule is O=C(O)N1CCc2[nH]nc(I)c2C1. The summed E-state index contributed by atoms with van der Waals surface area (Å²) in [7, 11) is 0. The van der Waals surface area contributed by atoms with E-state index in [-0.39, 0.29) is 0 Å². The van der Waals surface area contributed by atoms with E-state index in [2.05, 4.69) is 32.8 Å². The lowest BCUT2D eigenvalue weighted by Crippen LogP contribution is -2.34. The molecule has 0 radical (unpaired) electrons. The van der Waals surface area contributed by atoms with Crippen molar-refractivity contribution in [2.24, 2.45) is 0 Å². The highest BCUT2D eigenvalue weighted by molar-refractivity contribution is 14.1. The molecule has 5 nitrogen and oxygen atoms in total. The van der Waals surface area contributed by atoms with E-state index in [9.17, 15) is 4.79 Å². The molecule has 6 heteroatoms. The predicted molar refractivity (Wildman–Crippen MR) is 53.4 cm³/mol. The molecule has 0 spiro atoms. The molecule has 0 atom stereocenters. The summed E-state index contributed by atoms with van der Waals surface area (Å²) in [5.41, 5.74) is 2.09. The second kappa shape index (κ2) is 3.17. The van der Waals surface area contributed by atoms with Gasteiger partial charge in [0.25, 0.3) is 0 Å². The molecule has 70 valence electrons. The number of carbonyl (C=O) groups is 1. The highest BCUT2D eigenvalue weighted by Crippen LogP contribution is 2.21. The van der Waals surface area contributed by atoms with E-state index in [1.54, 1.807) is 0 Å². The maximum absolute atomic E-state index is 10.7. The Labute approximate surface area is 88.3 Å². The fraction of sp³-hybridized carbons (Fsp3) is 0.429. The van der Waals surface area contributed by atoms with Crippen LogP contribution in [-0.2, 0) is 13.0 Å². The molecule has 0 aliphatic carbocycles. The Kier molecular flexibility index (Phi) is 2.14. The number of rotatable bonds is 0. The number of halogens is 1. The summed E-state index contributed by atoms with van der Waals surface area (Å²) in [6, 6.07) is 0. The van der Waals surface area contributed by atoms with E-state index in [1.165, 1.54) is 4.90 Å². The molecule has 2 N–H and O–H groups in total. The van der Waals surface area contributed by atoms with Crippen LogP contribution in [0.5, 0.6) is 0 Å². The molecule has 0 saturated carbocycles. The van der Waals surface area contributed by atoms with Crippen LogP contribution < -0.4 is 0 Å². The Morgan fingerprint density at radius 3 is 3.15 bits per heavy atom. The van der Waals surface area contributed by atoms with E-state index in [4.69, 9.17) is 5.11 Å². The Balaban J connectivity index is 2.27. The maximum Gasteiger partial charge on any atom is 0.407 e. The second-order valence-electron chi connectivity index (χ2n) is 2.93. The van der Waals surface area contributed by atoms with Gasteiger partial charge in [0, 0.05) is 24.2 Å². The minimum absolute atomic E-state index is 0.458. The summed E-state index contributed by atoms with van der Waals surface area (Å²) < 4.78 is 0.874. The fourth-order valence-corrected chi connectivity index (χ4v) is 2.04. The third-order valence-electron chi connectivity index (χ3n) is 2.15. The lowest BCUT2D eigenvalue weighted by Gasteiger charge is -2.23. The first kappa shape index (κ1) is 8.79. The van der Waals surface area contributed by atoms with E-state index >= 15 is 0 Å². The Bertz CT molecular complexity index is 350. The van der Waals surface area contributed by atoms with Gasteiger partial charge in [0.2, 0.25) is 0 Å². The predicted octanol–water partition coefficient (Wildman–Crippen LogP) is 1.05. The van der Waals surface area contributed by atoms with Crippen LogP contribution in [0.1, 0.15) is 11.3 Å². The van der Waals surface area contributed by atoms with Gasteiger partial charge in [0.05, 0.1) is 6.54 Å². The minimum Gasteiger partial charge on any atom is -0.465 e. The van der Waals surface area contributed by atoms with Crippen LogP contribution in [0, 0.1) is 3.70 Å². The topological polar surface area (TPSA) is 69.2 Å². The zero-order valence-electron chi connectivity index (χ0n) is 6.75. The molecular formula is C7H8IN3O2. The maximum atomic E-state index is 10.7. The molecule has 1 aliphatic rings. The average molecular weight is 293 g/mol. The quantitative estimate of drug-likeness (QED) is 0.702. The van der Waals surface area contributed by atoms with Gasteiger partial charge >= 0.3 is 6.09 Å². The standard InChI is InChI=1S/C7H8IN3O2/c8-6-4-3-11(7(12)13)2-1-5(4)9-10-6/h1-3H2,(H,9,10)(H,12,13).